The monoisotopic (exact) mass is 217 g/mol. The van der Waals surface area contributed by atoms with Gasteiger partial charge in [-0.1, -0.05) is 13.8 Å². The molecule has 2 heterocycles. The third-order valence-electron chi connectivity index (χ3n) is 2.33. The number of aromatic amines is 1. The van der Waals surface area contributed by atoms with E-state index in [2.05, 4.69) is 23.9 Å². The Morgan fingerprint density at radius 1 is 1.38 bits per heavy atom. The molecule has 0 aliphatic rings. The fourth-order valence-corrected chi connectivity index (χ4v) is 1.61. The van der Waals surface area contributed by atoms with Gasteiger partial charge in [0, 0.05) is 30.6 Å². The summed E-state index contributed by atoms with van der Waals surface area (Å²) in [5.41, 5.74) is 1.84. The minimum Gasteiger partial charge on any atom is -0.295 e. The molecule has 0 fully saturated rings. The van der Waals surface area contributed by atoms with Crippen LogP contribution >= 0.6 is 0 Å². The zero-order valence-electron chi connectivity index (χ0n) is 9.47. The lowest BCUT2D eigenvalue weighted by atomic mass is 10.2. The van der Waals surface area contributed by atoms with Crippen molar-refractivity contribution in [3.05, 3.63) is 40.9 Å². The van der Waals surface area contributed by atoms with Gasteiger partial charge in [0.2, 0.25) is 0 Å². The molecule has 0 atom stereocenters. The molecule has 2 aromatic rings. The summed E-state index contributed by atoms with van der Waals surface area (Å²) >= 11 is 0. The van der Waals surface area contributed by atoms with Gasteiger partial charge in [-0.25, -0.2) is 0 Å². The van der Waals surface area contributed by atoms with Crippen LogP contribution in [-0.4, -0.2) is 14.8 Å². The maximum absolute atomic E-state index is 11.7. The van der Waals surface area contributed by atoms with Gasteiger partial charge < -0.3 is 0 Å². The van der Waals surface area contributed by atoms with Gasteiger partial charge in [0.25, 0.3) is 5.56 Å². The highest BCUT2D eigenvalue weighted by Crippen LogP contribution is 2.13. The van der Waals surface area contributed by atoms with Gasteiger partial charge >= 0.3 is 0 Å². The van der Waals surface area contributed by atoms with Gasteiger partial charge in [0.1, 0.15) is 0 Å². The van der Waals surface area contributed by atoms with Gasteiger partial charge in [-0.15, -0.1) is 0 Å². The summed E-state index contributed by atoms with van der Waals surface area (Å²) in [6.45, 7) is 4.88. The predicted molar refractivity (Wildman–Crippen MR) is 63.1 cm³/mol. The van der Waals surface area contributed by atoms with E-state index in [1.807, 2.05) is 12.1 Å². The summed E-state index contributed by atoms with van der Waals surface area (Å²) in [7, 11) is 0. The third-order valence-corrected chi connectivity index (χ3v) is 2.33. The number of pyridine rings is 1. The smallest absolute Gasteiger partial charge is 0.267 e. The summed E-state index contributed by atoms with van der Waals surface area (Å²) in [5, 5.41) is 3.11. The number of nitrogens with one attached hydrogen (secondary N) is 1. The normalized spacial score (nSPS) is 10.9. The van der Waals surface area contributed by atoms with Gasteiger partial charge in [-0.3, -0.25) is 19.6 Å². The molecule has 0 radical (unpaired) electrons. The molecule has 0 bridgehead atoms. The lowest BCUT2D eigenvalue weighted by Gasteiger charge is -2.04. The Balaban J connectivity index is 2.35. The van der Waals surface area contributed by atoms with Crippen LogP contribution < -0.4 is 5.56 Å². The lowest BCUT2D eigenvalue weighted by molar-refractivity contribution is 0.474. The van der Waals surface area contributed by atoms with E-state index >= 15 is 0 Å². The molecular weight excluding hydrogens is 202 g/mol. The Hall–Kier alpha value is -1.84. The van der Waals surface area contributed by atoms with Crippen molar-refractivity contribution in [1.82, 2.24) is 14.8 Å². The maximum atomic E-state index is 11.7. The molecule has 84 valence electrons. The van der Waals surface area contributed by atoms with Crippen LogP contribution in [0.25, 0.3) is 11.3 Å². The summed E-state index contributed by atoms with van der Waals surface area (Å²) in [6.07, 6.45) is 3.43. The first kappa shape index (κ1) is 10.7. The molecule has 2 aromatic heterocycles. The van der Waals surface area contributed by atoms with Crippen molar-refractivity contribution < 1.29 is 0 Å². The highest BCUT2D eigenvalue weighted by atomic mass is 16.1. The van der Waals surface area contributed by atoms with Crippen LogP contribution in [0.2, 0.25) is 0 Å². The molecular formula is C12H15N3O. The Morgan fingerprint density at radius 3 is 2.69 bits per heavy atom. The van der Waals surface area contributed by atoms with Gasteiger partial charge in [-0.2, -0.15) is 0 Å². The largest absolute Gasteiger partial charge is 0.295 e. The van der Waals surface area contributed by atoms with E-state index in [0.29, 0.717) is 12.5 Å². The molecule has 4 nitrogen and oxygen atoms in total. The molecule has 0 aliphatic heterocycles. The van der Waals surface area contributed by atoms with Crippen molar-refractivity contribution in [3.8, 4) is 11.3 Å². The molecule has 0 amide bonds. The number of rotatable bonds is 3. The van der Waals surface area contributed by atoms with E-state index in [9.17, 15) is 4.79 Å². The molecule has 0 saturated heterocycles. The van der Waals surface area contributed by atoms with Gasteiger partial charge in [-0.05, 0) is 18.1 Å². The molecule has 0 aromatic carbocycles. The van der Waals surface area contributed by atoms with E-state index < -0.39 is 0 Å². The second-order valence-electron chi connectivity index (χ2n) is 4.25. The molecule has 16 heavy (non-hydrogen) atoms. The highest BCUT2D eigenvalue weighted by molar-refractivity contribution is 5.57. The van der Waals surface area contributed by atoms with Crippen LogP contribution in [0.4, 0.5) is 0 Å². The molecule has 2 rings (SSSR count). The second kappa shape index (κ2) is 4.35. The van der Waals surface area contributed by atoms with E-state index in [1.165, 1.54) is 0 Å². The molecule has 0 aliphatic carbocycles. The summed E-state index contributed by atoms with van der Waals surface area (Å²) < 4.78 is 1.64. The summed E-state index contributed by atoms with van der Waals surface area (Å²) in [6, 6.07) is 5.38. The number of hydrogen-bond acceptors (Lipinski definition) is 2. The van der Waals surface area contributed by atoms with Gasteiger partial charge in [0.15, 0.2) is 0 Å². The minimum absolute atomic E-state index is 0.0144. The van der Waals surface area contributed by atoms with Crippen molar-refractivity contribution in [1.29, 1.82) is 0 Å². The van der Waals surface area contributed by atoms with Crippen molar-refractivity contribution in [2.75, 3.05) is 0 Å². The molecule has 1 N–H and O–H groups in total. The van der Waals surface area contributed by atoms with Crippen LogP contribution in [0, 0.1) is 5.92 Å². The Bertz CT molecular complexity index is 511. The Kier molecular flexibility index (Phi) is 2.90. The van der Waals surface area contributed by atoms with Crippen LogP contribution in [0.5, 0.6) is 0 Å². The van der Waals surface area contributed by atoms with E-state index in [1.54, 1.807) is 23.1 Å². The van der Waals surface area contributed by atoms with E-state index in [4.69, 9.17) is 0 Å². The molecule has 0 saturated carbocycles. The number of aromatic nitrogens is 3. The van der Waals surface area contributed by atoms with Gasteiger partial charge in [0.05, 0.1) is 5.69 Å². The van der Waals surface area contributed by atoms with Crippen LogP contribution in [0.3, 0.4) is 0 Å². The molecule has 4 heteroatoms. The first-order valence-corrected chi connectivity index (χ1v) is 5.37. The average Bonchev–Trinajstić information content (AvgIpc) is 2.61. The van der Waals surface area contributed by atoms with Crippen LogP contribution in [0.15, 0.2) is 35.4 Å². The fraction of sp³-hybridized carbons (Fsp3) is 0.333. The first-order chi connectivity index (χ1) is 7.66. The van der Waals surface area contributed by atoms with E-state index in [-0.39, 0.29) is 5.56 Å². The molecule has 0 unspecified atom stereocenters. The number of nitrogens with zero attached hydrogens (tertiary/aromatic N) is 2. The minimum atomic E-state index is 0.0144. The second-order valence-corrected chi connectivity index (χ2v) is 4.25. The maximum Gasteiger partial charge on any atom is 0.267 e. The van der Waals surface area contributed by atoms with Crippen molar-refractivity contribution in [2.45, 2.75) is 20.4 Å². The quantitative estimate of drug-likeness (QED) is 0.853. The third kappa shape index (κ3) is 2.21. The summed E-state index contributed by atoms with van der Waals surface area (Å²) in [4.78, 5) is 15.6. The first-order valence-electron chi connectivity index (χ1n) is 5.37. The number of H-pyrrole nitrogens is 1. The summed E-state index contributed by atoms with van der Waals surface area (Å²) in [5.74, 6) is 0.446. The SMILES string of the molecule is CC(C)Cn1[nH]c(-c2ccncc2)cc1=O. The van der Waals surface area contributed by atoms with E-state index in [0.717, 1.165) is 11.3 Å². The molecule has 0 spiro atoms. The average molecular weight is 217 g/mol. The van der Waals surface area contributed by atoms with Crippen molar-refractivity contribution in [3.63, 3.8) is 0 Å². The van der Waals surface area contributed by atoms with Crippen molar-refractivity contribution >= 4 is 0 Å². The van der Waals surface area contributed by atoms with Crippen molar-refractivity contribution in [2.24, 2.45) is 5.92 Å². The Morgan fingerprint density at radius 2 is 2.06 bits per heavy atom. The topological polar surface area (TPSA) is 50.7 Å². The zero-order chi connectivity index (χ0) is 11.5. The lowest BCUT2D eigenvalue weighted by Crippen LogP contribution is -2.18. The zero-order valence-corrected chi connectivity index (χ0v) is 9.47. The highest BCUT2D eigenvalue weighted by Gasteiger charge is 2.05. The van der Waals surface area contributed by atoms with Crippen LogP contribution in [-0.2, 0) is 6.54 Å². The number of hydrogen-bond donors (Lipinski definition) is 1. The fourth-order valence-electron chi connectivity index (χ4n) is 1.61. The Labute approximate surface area is 93.9 Å². The standard InChI is InChI=1S/C12H15N3O/c1-9(2)8-15-12(16)7-11(14-15)10-3-5-13-6-4-10/h3-7,9,14H,8H2,1-2H3. The predicted octanol–water partition coefficient (Wildman–Crippen LogP) is 1.89. The van der Waals surface area contributed by atoms with Crippen LogP contribution in [0.1, 0.15) is 13.8 Å².